The zero-order valence-corrected chi connectivity index (χ0v) is 47.3. The molecule has 75 heavy (non-hydrogen) atoms. The molecular weight excluding hydrogens is 961 g/mol. The van der Waals surface area contributed by atoms with Crippen LogP contribution in [0.2, 0.25) is 0 Å². The number of unbranched alkanes of at least 4 members (excludes halogenated alkanes) is 34. The first-order chi connectivity index (χ1) is 36.5. The van der Waals surface area contributed by atoms with Gasteiger partial charge in [-0.15, -0.1) is 0 Å². The lowest BCUT2D eigenvalue weighted by Gasteiger charge is -2.42. The van der Waals surface area contributed by atoms with Gasteiger partial charge in [0.15, 0.2) is 18.7 Å². The average molecular weight is 1070 g/mol. The second-order valence-electron chi connectivity index (χ2n) is 21.9. The minimum atomic E-state index is -1.76. The second kappa shape index (κ2) is 47.1. The van der Waals surface area contributed by atoms with Crippen molar-refractivity contribution < 1.29 is 73.8 Å². The molecule has 0 bridgehead atoms. The van der Waals surface area contributed by atoms with Gasteiger partial charge in [0.25, 0.3) is 0 Å². The molecule has 7 N–H and O–H groups in total. The number of hydrogen-bond acceptors (Lipinski definition) is 15. The number of aliphatic hydroxyl groups is 7. The maximum Gasteiger partial charge on any atom is 0.306 e. The third-order valence-electron chi connectivity index (χ3n) is 15.0. The van der Waals surface area contributed by atoms with Crippen LogP contribution < -0.4 is 0 Å². The van der Waals surface area contributed by atoms with Crippen molar-refractivity contribution >= 4 is 11.9 Å². The lowest BCUT2D eigenvalue weighted by molar-refractivity contribution is -0.332. The lowest BCUT2D eigenvalue weighted by Crippen LogP contribution is -2.61. The standard InChI is InChI=1S/C60H112O15/c1-3-5-7-9-11-13-15-17-19-21-23-24-25-27-28-30-32-34-36-38-40-42-51(62)70-45-48(73-52(63)43-41-39-37-35-33-31-29-26-22-20-18-16-14-12-10-8-6-4-2)46-71-59-58(69)56(67)54(65)50(75-59)47-72-60-57(68)55(66)53(64)49(44-61)74-60/h20,22,48-50,53-61,64-69H,3-19,21,23-47H2,1-2H3/b22-20-. The van der Waals surface area contributed by atoms with E-state index in [9.17, 15) is 45.3 Å². The molecule has 0 aliphatic carbocycles. The number of aliphatic hydroxyl groups excluding tert-OH is 7. The summed E-state index contributed by atoms with van der Waals surface area (Å²) in [5.41, 5.74) is 0. The molecule has 0 aromatic heterocycles. The van der Waals surface area contributed by atoms with E-state index in [1.54, 1.807) is 0 Å². The van der Waals surface area contributed by atoms with Crippen LogP contribution in [-0.4, -0.2) is 142 Å². The Hall–Kier alpha value is -1.76. The molecule has 442 valence electrons. The Bertz CT molecular complexity index is 1350. The van der Waals surface area contributed by atoms with Crippen LogP contribution in [-0.2, 0) is 38.0 Å². The van der Waals surface area contributed by atoms with E-state index in [-0.39, 0.29) is 26.1 Å². The minimum absolute atomic E-state index is 0.165. The normalized spacial score (nSPS) is 24.5. The van der Waals surface area contributed by atoms with Gasteiger partial charge < -0.3 is 64.2 Å². The van der Waals surface area contributed by atoms with Crippen LogP contribution in [0.4, 0.5) is 0 Å². The highest BCUT2D eigenvalue weighted by Crippen LogP contribution is 2.27. The molecule has 2 fully saturated rings. The molecule has 2 aliphatic heterocycles. The number of esters is 2. The lowest BCUT2D eigenvalue weighted by atomic mass is 9.98. The highest BCUT2D eigenvalue weighted by Gasteiger charge is 2.47. The number of allylic oxidation sites excluding steroid dienone is 2. The zero-order chi connectivity index (χ0) is 54.6. The van der Waals surface area contributed by atoms with Crippen LogP contribution >= 0.6 is 0 Å². The molecule has 15 nitrogen and oxygen atoms in total. The Morgan fingerprint density at radius 2 is 0.760 bits per heavy atom. The van der Waals surface area contributed by atoms with E-state index in [4.69, 9.17) is 28.4 Å². The molecule has 0 radical (unpaired) electrons. The number of ether oxygens (including phenoxy) is 6. The molecule has 11 unspecified atom stereocenters. The molecule has 0 spiro atoms. The minimum Gasteiger partial charge on any atom is -0.462 e. The molecular formula is C60H112O15. The van der Waals surface area contributed by atoms with E-state index in [0.29, 0.717) is 12.8 Å². The van der Waals surface area contributed by atoms with Crippen molar-refractivity contribution in [3.63, 3.8) is 0 Å². The van der Waals surface area contributed by atoms with Crippen molar-refractivity contribution in [1.82, 2.24) is 0 Å². The Balaban J connectivity index is 1.72. The Morgan fingerprint density at radius 1 is 0.413 bits per heavy atom. The molecule has 2 saturated heterocycles. The summed E-state index contributed by atoms with van der Waals surface area (Å²) in [6.45, 7) is 2.65. The maximum atomic E-state index is 13.1. The van der Waals surface area contributed by atoms with Gasteiger partial charge in [0, 0.05) is 12.8 Å². The van der Waals surface area contributed by atoms with Crippen molar-refractivity contribution in [3.8, 4) is 0 Å². The highest BCUT2D eigenvalue weighted by atomic mass is 16.7. The fourth-order valence-electron chi connectivity index (χ4n) is 9.98. The fraction of sp³-hybridized carbons (Fsp3) is 0.933. The first-order valence-corrected chi connectivity index (χ1v) is 30.8. The van der Waals surface area contributed by atoms with Gasteiger partial charge in [-0.1, -0.05) is 225 Å². The van der Waals surface area contributed by atoms with Gasteiger partial charge in [0.1, 0.15) is 55.4 Å². The Morgan fingerprint density at radius 3 is 1.17 bits per heavy atom. The summed E-state index contributed by atoms with van der Waals surface area (Å²) in [7, 11) is 0. The van der Waals surface area contributed by atoms with Gasteiger partial charge in [-0.25, -0.2) is 0 Å². The van der Waals surface area contributed by atoms with Crippen LogP contribution in [0.5, 0.6) is 0 Å². The van der Waals surface area contributed by atoms with E-state index in [1.165, 1.54) is 173 Å². The van der Waals surface area contributed by atoms with E-state index in [0.717, 1.165) is 51.4 Å². The molecule has 2 heterocycles. The smallest absolute Gasteiger partial charge is 0.306 e. The molecule has 0 aromatic carbocycles. The van der Waals surface area contributed by atoms with E-state index in [2.05, 4.69) is 26.0 Å². The summed E-state index contributed by atoms with van der Waals surface area (Å²) in [5.74, 6) is -0.912. The van der Waals surface area contributed by atoms with Crippen molar-refractivity contribution in [2.45, 2.75) is 332 Å². The van der Waals surface area contributed by atoms with Crippen molar-refractivity contribution in [3.05, 3.63) is 12.2 Å². The van der Waals surface area contributed by atoms with Gasteiger partial charge in [-0.05, 0) is 38.5 Å². The maximum absolute atomic E-state index is 13.1. The van der Waals surface area contributed by atoms with Crippen LogP contribution in [0, 0.1) is 0 Å². The third kappa shape index (κ3) is 34.1. The number of hydrogen-bond donors (Lipinski definition) is 7. The largest absolute Gasteiger partial charge is 0.462 e. The molecule has 0 amide bonds. The van der Waals surface area contributed by atoms with Crippen molar-refractivity contribution in [2.75, 3.05) is 26.4 Å². The quantitative estimate of drug-likeness (QED) is 0.0171. The van der Waals surface area contributed by atoms with Gasteiger partial charge >= 0.3 is 11.9 Å². The zero-order valence-electron chi connectivity index (χ0n) is 47.3. The molecule has 11 atom stereocenters. The van der Waals surface area contributed by atoms with Gasteiger partial charge in [-0.3, -0.25) is 9.59 Å². The van der Waals surface area contributed by atoms with Crippen LogP contribution in [0.15, 0.2) is 12.2 Å². The third-order valence-corrected chi connectivity index (χ3v) is 15.0. The van der Waals surface area contributed by atoms with E-state index >= 15 is 0 Å². The Kier molecular flexibility index (Phi) is 43.5. The van der Waals surface area contributed by atoms with Crippen molar-refractivity contribution in [2.24, 2.45) is 0 Å². The van der Waals surface area contributed by atoms with Gasteiger partial charge in [-0.2, -0.15) is 0 Å². The molecule has 0 saturated carbocycles. The van der Waals surface area contributed by atoms with Crippen LogP contribution in [0.1, 0.15) is 264 Å². The molecule has 2 rings (SSSR count). The predicted molar refractivity (Wildman–Crippen MR) is 294 cm³/mol. The average Bonchev–Trinajstić information content (AvgIpc) is 3.40. The topological polar surface area (TPSA) is 231 Å². The molecule has 0 aromatic rings. The summed E-state index contributed by atoms with van der Waals surface area (Å²) in [4.78, 5) is 25.9. The highest BCUT2D eigenvalue weighted by molar-refractivity contribution is 5.70. The first-order valence-electron chi connectivity index (χ1n) is 30.8. The number of carbonyl (C=O) groups excluding carboxylic acids is 2. The SMILES string of the molecule is CCCCCCCCC/C=C\CCCCCCCCCC(=O)OC(COC(=O)CCCCCCCCCCCCCCCCCCCCCCC)COC1OC(COC2OC(CO)C(O)C(O)C2O)C(O)C(O)C1O. The number of carbonyl (C=O) groups is 2. The summed E-state index contributed by atoms with van der Waals surface area (Å²) >= 11 is 0. The van der Waals surface area contributed by atoms with Crippen LogP contribution in [0.3, 0.4) is 0 Å². The summed E-state index contributed by atoms with van der Waals surface area (Å²) in [5, 5.41) is 72.3. The number of rotatable bonds is 50. The van der Waals surface area contributed by atoms with E-state index < -0.39 is 92.7 Å². The molecule has 15 heteroatoms. The van der Waals surface area contributed by atoms with Crippen molar-refractivity contribution in [1.29, 1.82) is 0 Å². The van der Waals surface area contributed by atoms with Gasteiger partial charge in [0.05, 0.1) is 19.8 Å². The summed E-state index contributed by atoms with van der Waals surface area (Å²) < 4.78 is 33.8. The van der Waals surface area contributed by atoms with E-state index in [1.807, 2.05) is 0 Å². The van der Waals surface area contributed by atoms with Crippen LogP contribution in [0.25, 0.3) is 0 Å². The molecule has 2 aliphatic rings. The summed E-state index contributed by atoms with van der Waals surface area (Å²) in [6, 6.07) is 0. The first kappa shape index (κ1) is 69.3. The Labute approximate surface area is 454 Å². The summed E-state index contributed by atoms with van der Waals surface area (Å²) in [6.07, 6.45) is 33.7. The second-order valence-corrected chi connectivity index (χ2v) is 21.9. The monoisotopic (exact) mass is 1070 g/mol. The predicted octanol–water partition coefficient (Wildman–Crippen LogP) is 10.9. The van der Waals surface area contributed by atoms with Gasteiger partial charge in [0.2, 0.25) is 0 Å². The fourth-order valence-corrected chi connectivity index (χ4v) is 9.98.